The topological polar surface area (TPSA) is 65.8 Å². The second kappa shape index (κ2) is 7.86. The molecule has 29 heavy (non-hydrogen) atoms. The first kappa shape index (κ1) is 20.0. The molecule has 0 N–H and O–H groups in total. The molecule has 7 heteroatoms. The number of nitrogens with zero attached hydrogens (tertiary/aromatic N) is 3. The van der Waals surface area contributed by atoms with Crippen LogP contribution in [0.2, 0.25) is 0 Å². The van der Waals surface area contributed by atoms with E-state index in [1.165, 1.54) is 0 Å². The van der Waals surface area contributed by atoms with Gasteiger partial charge in [-0.2, -0.15) is 5.10 Å². The molecule has 4 rings (SSSR count). The van der Waals surface area contributed by atoms with Crippen molar-refractivity contribution in [2.75, 3.05) is 19.7 Å². The van der Waals surface area contributed by atoms with Crippen molar-refractivity contribution < 1.29 is 19.0 Å². The number of hydrogen-bond acceptors (Lipinski definition) is 5. The highest BCUT2D eigenvalue weighted by Crippen LogP contribution is 2.31. The lowest BCUT2D eigenvalue weighted by Gasteiger charge is -2.24. The van der Waals surface area contributed by atoms with Gasteiger partial charge in [-0.05, 0) is 58.6 Å². The van der Waals surface area contributed by atoms with Gasteiger partial charge in [0.1, 0.15) is 17.5 Å². The number of carbonyl (C=O) groups is 1. The van der Waals surface area contributed by atoms with Crippen molar-refractivity contribution in [2.45, 2.75) is 71.3 Å². The first-order valence-electron chi connectivity index (χ1n) is 10.5. The van der Waals surface area contributed by atoms with Gasteiger partial charge in [0.15, 0.2) is 6.23 Å². The maximum absolute atomic E-state index is 12.3. The predicted molar refractivity (Wildman–Crippen MR) is 110 cm³/mol. The van der Waals surface area contributed by atoms with Crippen molar-refractivity contribution in [2.24, 2.45) is 0 Å². The maximum atomic E-state index is 12.3. The monoisotopic (exact) mass is 401 g/mol. The summed E-state index contributed by atoms with van der Waals surface area (Å²) in [5.74, 6) is 0.839. The molecule has 1 aromatic carbocycles. The highest BCUT2D eigenvalue weighted by Gasteiger charge is 2.31. The van der Waals surface area contributed by atoms with Crippen LogP contribution in [0.15, 0.2) is 18.3 Å². The molecule has 2 fully saturated rings. The van der Waals surface area contributed by atoms with E-state index in [1.54, 1.807) is 4.90 Å². The Morgan fingerprint density at radius 2 is 2.07 bits per heavy atom. The molecule has 2 aliphatic rings. The van der Waals surface area contributed by atoms with Crippen molar-refractivity contribution in [3.8, 4) is 5.75 Å². The summed E-state index contributed by atoms with van der Waals surface area (Å²) < 4.78 is 19.7. The molecule has 0 saturated carbocycles. The molecule has 0 spiro atoms. The first-order chi connectivity index (χ1) is 13.8. The molecular weight excluding hydrogens is 370 g/mol. The van der Waals surface area contributed by atoms with Crippen LogP contribution in [0.3, 0.4) is 0 Å². The Kier molecular flexibility index (Phi) is 5.42. The second-order valence-corrected chi connectivity index (χ2v) is 9.04. The zero-order valence-electron chi connectivity index (χ0n) is 17.8. The number of carbonyl (C=O) groups excluding carboxylic acids is 1. The third-order valence-corrected chi connectivity index (χ3v) is 5.41. The van der Waals surface area contributed by atoms with E-state index in [-0.39, 0.29) is 18.4 Å². The van der Waals surface area contributed by atoms with Crippen LogP contribution in [0.4, 0.5) is 4.79 Å². The number of amides is 1. The Balaban J connectivity index is 1.48. The SMILES string of the molecule is Cc1cc2cnn(C3CCCCO3)c2cc1O[C@H]1CCN(C(=O)OC(C)(C)C)C1. The average Bonchev–Trinajstić information content (AvgIpc) is 3.28. The number of hydrogen-bond donors (Lipinski definition) is 0. The summed E-state index contributed by atoms with van der Waals surface area (Å²) in [5, 5.41) is 5.66. The Morgan fingerprint density at radius 3 is 2.79 bits per heavy atom. The summed E-state index contributed by atoms with van der Waals surface area (Å²) in [6.45, 7) is 9.66. The zero-order valence-corrected chi connectivity index (χ0v) is 17.8. The second-order valence-electron chi connectivity index (χ2n) is 9.04. The van der Waals surface area contributed by atoms with E-state index in [9.17, 15) is 4.79 Å². The van der Waals surface area contributed by atoms with Crippen LogP contribution < -0.4 is 4.74 Å². The summed E-state index contributed by atoms with van der Waals surface area (Å²) >= 11 is 0. The lowest BCUT2D eigenvalue weighted by atomic mass is 10.1. The van der Waals surface area contributed by atoms with Gasteiger partial charge in [0.2, 0.25) is 0 Å². The minimum atomic E-state index is -0.489. The molecule has 0 radical (unpaired) electrons. The number of ether oxygens (including phenoxy) is 3. The number of fused-ring (bicyclic) bond motifs is 1. The van der Waals surface area contributed by atoms with Crippen LogP contribution in [-0.4, -0.2) is 52.2 Å². The van der Waals surface area contributed by atoms with E-state index >= 15 is 0 Å². The van der Waals surface area contributed by atoms with Crippen LogP contribution in [-0.2, 0) is 9.47 Å². The van der Waals surface area contributed by atoms with Gasteiger partial charge < -0.3 is 19.1 Å². The molecule has 0 aliphatic carbocycles. The Labute approximate surface area is 171 Å². The van der Waals surface area contributed by atoms with Crippen LogP contribution in [0.25, 0.3) is 10.9 Å². The van der Waals surface area contributed by atoms with Gasteiger partial charge in [0.25, 0.3) is 0 Å². The quantitative estimate of drug-likeness (QED) is 0.761. The molecule has 3 heterocycles. The number of rotatable bonds is 3. The predicted octanol–water partition coefficient (Wildman–Crippen LogP) is 4.43. The van der Waals surface area contributed by atoms with Crippen LogP contribution >= 0.6 is 0 Å². The minimum absolute atomic E-state index is 0.00838. The van der Waals surface area contributed by atoms with Crippen molar-refractivity contribution in [1.29, 1.82) is 0 Å². The van der Waals surface area contributed by atoms with Crippen LogP contribution in [0.1, 0.15) is 58.2 Å². The molecular formula is C22H31N3O4. The van der Waals surface area contributed by atoms with Gasteiger partial charge in [-0.25, -0.2) is 9.48 Å². The number of aryl methyl sites for hydroxylation is 1. The van der Waals surface area contributed by atoms with E-state index in [0.717, 1.165) is 54.5 Å². The fourth-order valence-electron chi connectivity index (χ4n) is 3.96. The summed E-state index contributed by atoms with van der Waals surface area (Å²) in [4.78, 5) is 14.0. The molecule has 0 bridgehead atoms. The highest BCUT2D eigenvalue weighted by atomic mass is 16.6. The normalized spacial score (nSPS) is 22.8. The fraction of sp³-hybridized carbons (Fsp3) is 0.636. The molecule has 1 amide bonds. The van der Waals surface area contributed by atoms with Gasteiger partial charge >= 0.3 is 6.09 Å². The molecule has 1 aromatic heterocycles. The Bertz CT molecular complexity index is 880. The third-order valence-electron chi connectivity index (χ3n) is 5.41. The maximum Gasteiger partial charge on any atom is 0.410 e. The molecule has 2 atom stereocenters. The third kappa shape index (κ3) is 4.50. The molecule has 7 nitrogen and oxygen atoms in total. The fourth-order valence-corrected chi connectivity index (χ4v) is 3.96. The van der Waals surface area contributed by atoms with Crippen LogP contribution in [0.5, 0.6) is 5.75 Å². The highest BCUT2D eigenvalue weighted by molar-refractivity contribution is 5.81. The number of likely N-dealkylation sites (tertiary alicyclic amines) is 1. The zero-order chi connectivity index (χ0) is 20.6. The van der Waals surface area contributed by atoms with E-state index < -0.39 is 5.60 Å². The van der Waals surface area contributed by atoms with Gasteiger partial charge in [0, 0.05) is 31.0 Å². The first-order valence-corrected chi connectivity index (χ1v) is 10.5. The lowest BCUT2D eigenvalue weighted by molar-refractivity contribution is -0.0366. The van der Waals surface area contributed by atoms with Crippen molar-refractivity contribution in [1.82, 2.24) is 14.7 Å². The lowest BCUT2D eigenvalue weighted by Crippen LogP contribution is -2.36. The molecule has 158 valence electrons. The van der Waals surface area contributed by atoms with E-state index in [4.69, 9.17) is 14.2 Å². The van der Waals surface area contributed by atoms with Crippen LogP contribution in [0, 0.1) is 6.92 Å². The molecule has 1 unspecified atom stereocenters. The van der Waals surface area contributed by atoms with Gasteiger partial charge in [0.05, 0.1) is 18.3 Å². The van der Waals surface area contributed by atoms with Gasteiger partial charge in [-0.3, -0.25) is 0 Å². The van der Waals surface area contributed by atoms with E-state index in [0.29, 0.717) is 13.1 Å². The molecule has 2 aromatic rings. The van der Waals surface area contributed by atoms with Crippen molar-refractivity contribution in [3.63, 3.8) is 0 Å². The van der Waals surface area contributed by atoms with Crippen molar-refractivity contribution in [3.05, 3.63) is 23.9 Å². The average molecular weight is 402 g/mol. The molecule has 2 saturated heterocycles. The smallest absolute Gasteiger partial charge is 0.410 e. The Morgan fingerprint density at radius 1 is 1.24 bits per heavy atom. The van der Waals surface area contributed by atoms with E-state index in [1.807, 2.05) is 38.6 Å². The summed E-state index contributed by atoms with van der Waals surface area (Å²) in [5.41, 5.74) is 1.61. The largest absolute Gasteiger partial charge is 0.488 e. The summed E-state index contributed by atoms with van der Waals surface area (Å²) in [7, 11) is 0. The standard InChI is InChI=1S/C22H31N3O4/c1-15-11-16-13-23-25(20-7-5-6-10-27-20)18(16)12-19(15)28-17-8-9-24(14-17)21(26)29-22(2,3)4/h11-13,17,20H,5-10,14H2,1-4H3/t17-,20?/m0/s1. The number of aromatic nitrogens is 2. The Hall–Kier alpha value is -2.28. The van der Waals surface area contributed by atoms with Crippen molar-refractivity contribution >= 4 is 17.0 Å². The van der Waals surface area contributed by atoms with Gasteiger partial charge in [-0.15, -0.1) is 0 Å². The molecule has 2 aliphatic heterocycles. The minimum Gasteiger partial charge on any atom is -0.488 e. The van der Waals surface area contributed by atoms with Gasteiger partial charge in [-0.1, -0.05) is 0 Å². The van der Waals surface area contributed by atoms with E-state index in [2.05, 4.69) is 17.2 Å². The summed E-state index contributed by atoms with van der Waals surface area (Å²) in [6.07, 6.45) is 5.61. The number of benzene rings is 1. The summed E-state index contributed by atoms with van der Waals surface area (Å²) in [6, 6.07) is 4.17.